The number of rotatable bonds is 6. The number of para-hydroxylation sites is 1. The Morgan fingerprint density at radius 1 is 1.26 bits per heavy atom. The lowest BCUT2D eigenvalue weighted by molar-refractivity contribution is 0.286. The fourth-order valence-corrected chi connectivity index (χ4v) is 2.12. The van der Waals surface area contributed by atoms with Gasteiger partial charge < -0.3 is 10.1 Å². The molecule has 1 aromatic carbocycles. The molecule has 2 aromatic rings. The van der Waals surface area contributed by atoms with Crippen molar-refractivity contribution >= 4 is 0 Å². The smallest absolute Gasteiger partial charge is 0.123 e. The van der Waals surface area contributed by atoms with Gasteiger partial charge in [0.1, 0.15) is 12.4 Å². The first kappa shape index (κ1) is 13.6. The maximum atomic E-state index is 5.86. The number of ether oxygens (including phenoxy) is 1. The zero-order chi connectivity index (χ0) is 13.7. The van der Waals surface area contributed by atoms with Gasteiger partial charge >= 0.3 is 0 Å². The van der Waals surface area contributed by atoms with E-state index >= 15 is 0 Å². The van der Waals surface area contributed by atoms with E-state index in [0.29, 0.717) is 6.61 Å². The molecule has 1 N–H and O–H groups in total. The monoisotopic (exact) mass is 259 g/mol. The van der Waals surface area contributed by atoms with E-state index in [4.69, 9.17) is 4.74 Å². The van der Waals surface area contributed by atoms with Crippen LogP contribution in [0.15, 0.2) is 30.3 Å². The van der Waals surface area contributed by atoms with Crippen molar-refractivity contribution in [3.05, 3.63) is 47.3 Å². The summed E-state index contributed by atoms with van der Waals surface area (Å²) in [6, 6.07) is 10.2. The van der Waals surface area contributed by atoms with Crippen molar-refractivity contribution in [3.8, 4) is 5.75 Å². The van der Waals surface area contributed by atoms with Crippen molar-refractivity contribution in [1.82, 2.24) is 15.1 Å². The minimum Gasteiger partial charge on any atom is -0.491 e. The molecule has 0 aliphatic carbocycles. The van der Waals surface area contributed by atoms with Gasteiger partial charge in [-0.05, 0) is 33.0 Å². The molecule has 0 radical (unpaired) electrons. The van der Waals surface area contributed by atoms with E-state index in [0.717, 1.165) is 24.5 Å². The predicted octanol–water partition coefficient (Wildman–Crippen LogP) is 2.30. The molecule has 1 aromatic heterocycles. The van der Waals surface area contributed by atoms with Gasteiger partial charge in [-0.1, -0.05) is 18.2 Å². The molecule has 0 unspecified atom stereocenters. The van der Waals surface area contributed by atoms with Crippen LogP contribution in [0.3, 0.4) is 0 Å². The molecule has 1 heterocycles. The molecule has 19 heavy (non-hydrogen) atoms. The lowest BCUT2D eigenvalue weighted by atomic mass is 10.2. The van der Waals surface area contributed by atoms with Crippen molar-refractivity contribution in [3.63, 3.8) is 0 Å². The van der Waals surface area contributed by atoms with Crippen molar-refractivity contribution < 1.29 is 4.74 Å². The summed E-state index contributed by atoms with van der Waals surface area (Å²) in [5.41, 5.74) is 3.40. The van der Waals surface area contributed by atoms with E-state index in [-0.39, 0.29) is 0 Å². The Labute approximate surface area is 114 Å². The van der Waals surface area contributed by atoms with E-state index in [1.165, 1.54) is 11.3 Å². The zero-order valence-corrected chi connectivity index (χ0v) is 11.8. The van der Waals surface area contributed by atoms with Gasteiger partial charge in [0, 0.05) is 17.8 Å². The molecule has 0 saturated carbocycles. The van der Waals surface area contributed by atoms with E-state index < -0.39 is 0 Å². The summed E-state index contributed by atoms with van der Waals surface area (Å²) in [5.74, 6) is 0.943. The Hall–Kier alpha value is -1.81. The van der Waals surface area contributed by atoms with Gasteiger partial charge in [-0.3, -0.25) is 4.68 Å². The van der Waals surface area contributed by atoms with Crippen LogP contribution in [-0.4, -0.2) is 23.4 Å². The first-order valence-electron chi connectivity index (χ1n) is 6.57. The largest absolute Gasteiger partial charge is 0.491 e. The third kappa shape index (κ3) is 3.58. The topological polar surface area (TPSA) is 39.1 Å². The number of nitrogens with one attached hydrogen (secondary N) is 1. The number of aryl methyl sites for hydroxylation is 2. The second-order valence-electron chi connectivity index (χ2n) is 4.64. The maximum absolute atomic E-state index is 5.86. The van der Waals surface area contributed by atoms with Gasteiger partial charge in [0.05, 0.1) is 12.2 Å². The molecule has 4 heteroatoms. The standard InChI is InChI=1S/C15H21N3O/c1-12-10-13(2)18(17-12)8-9-19-15-7-5-4-6-14(15)11-16-3/h4-7,10,16H,8-9,11H2,1-3H3. The Balaban J connectivity index is 1.94. The molecule has 102 valence electrons. The summed E-state index contributed by atoms with van der Waals surface area (Å²) in [6.45, 7) is 6.29. The van der Waals surface area contributed by atoms with Gasteiger partial charge in [0.15, 0.2) is 0 Å². The molecule has 0 fully saturated rings. The first-order valence-corrected chi connectivity index (χ1v) is 6.57. The van der Waals surface area contributed by atoms with E-state index in [9.17, 15) is 0 Å². The zero-order valence-electron chi connectivity index (χ0n) is 11.8. The Morgan fingerprint density at radius 3 is 2.74 bits per heavy atom. The van der Waals surface area contributed by atoms with Crippen molar-refractivity contribution in [2.24, 2.45) is 0 Å². The van der Waals surface area contributed by atoms with Crippen LogP contribution in [0.1, 0.15) is 17.0 Å². The lowest BCUT2D eigenvalue weighted by Gasteiger charge is -2.11. The molecule has 0 amide bonds. The average Bonchev–Trinajstić information content (AvgIpc) is 2.70. The van der Waals surface area contributed by atoms with Crippen LogP contribution < -0.4 is 10.1 Å². The molecule has 0 aliphatic heterocycles. The number of benzene rings is 1. The molecule has 2 rings (SSSR count). The molecule has 0 bridgehead atoms. The highest BCUT2D eigenvalue weighted by molar-refractivity contribution is 5.33. The number of hydrogen-bond acceptors (Lipinski definition) is 3. The van der Waals surface area contributed by atoms with Gasteiger partial charge in [-0.2, -0.15) is 5.10 Å². The third-order valence-corrected chi connectivity index (χ3v) is 3.00. The minimum absolute atomic E-state index is 0.628. The Kier molecular flexibility index (Phi) is 4.58. The van der Waals surface area contributed by atoms with E-state index in [2.05, 4.69) is 29.5 Å². The summed E-state index contributed by atoms with van der Waals surface area (Å²) in [7, 11) is 1.94. The molecule has 0 saturated heterocycles. The fraction of sp³-hybridized carbons (Fsp3) is 0.400. The molecular weight excluding hydrogens is 238 g/mol. The van der Waals surface area contributed by atoms with Crippen LogP contribution in [0.5, 0.6) is 5.75 Å². The van der Waals surface area contributed by atoms with Crippen molar-refractivity contribution in [2.75, 3.05) is 13.7 Å². The number of hydrogen-bond donors (Lipinski definition) is 1. The van der Waals surface area contributed by atoms with Crippen LogP contribution in [0, 0.1) is 13.8 Å². The molecule has 0 atom stereocenters. The van der Waals surface area contributed by atoms with Gasteiger partial charge in [-0.25, -0.2) is 0 Å². The first-order chi connectivity index (χ1) is 9.20. The second kappa shape index (κ2) is 6.38. The van der Waals surface area contributed by atoms with Gasteiger partial charge in [0.2, 0.25) is 0 Å². The molecular formula is C15H21N3O. The van der Waals surface area contributed by atoms with Crippen LogP contribution in [0.25, 0.3) is 0 Å². The quantitative estimate of drug-likeness (QED) is 0.865. The minimum atomic E-state index is 0.628. The molecule has 0 aliphatic rings. The second-order valence-corrected chi connectivity index (χ2v) is 4.64. The SMILES string of the molecule is CNCc1ccccc1OCCn1nc(C)cc1C. The Bertz CT molecular complexity index is 534. The Morgan fingerprint density at radius 2 is 2.05 bits per heavy atom. The fourth-order valence-electron chi connectivity index (χ4n) is 2.12. The highest BCUT2D eigenvalue weighted by Crippen LogP contribution is 2.17. The molecule has 4 nitrogen and oxygen atoms in total. The van der Waals surface area contributed by atoms with Gasteiger partial charge in [0.25, 0.3) is 0 Å². The van der Waals surface area contributed by atoms with Crippen LogP contribution >= 0.6 is 0 Å². The van der Waals surface area contributed by atoms with E-state index in [1.54, 1.807) is 0 Å². The summed E-state index contributed by atoms with van der Waals surface area (Å²) >= 11 is 0. The number of nitrogens with zero attached hydrogens (tertiary/aromatic N) is 2. The summed E-state index contributed by atoms with van der Waals surface area (Å²) in [6.07, 6.45) is 0. The lowest BCUT2D eigenvalue weighted by Crippen LogP contribution is -2.13. The summed E-state index contributed by atoms with van der Waals surface area (Å²) in [4.78, 5) is 0. The van der Waals surface area contributed by atoms with Crippen molar-refractivity contribution in [1.29, 1.82) is 0 Å². The average molecular weight is 259 g/mol. The number of aromatic nitrogens is 2. The van der Waals surface area contributed by atoms with Crippen LogP contribution in [-0.2, 0) is 13.1 Å². The normalized spacial score (nSPS) is 10.7. The third-order valence-electron chi connectivity index (χ3n) is 3.00. The maximum Gasteiger partial charge on any atom is 0.123 e. The summed E-state index contributed by atoms with van der Waals surface area (Å²) < 4.78 is 7.84. The van der Waals surface area contributed by atoms with E-state index in [1.807, 2.05) is 36.9 Å². The summed E-state index contributed by atoms with van der Waals surface area (Å²) in [5, 5.41) is 7.57. The van der Waals surface area contributed by atoms with Crippen LogP contribution in [0.4, 0.5) is 0 Å². The predicted molar refractivity (Wildman–Crippen MR) is 76.4 cm³/mol. The highest BCUT2D eigenvalue weighted by atomic mass is 16.5. The van der Waals surface area contributed by atoms with Gasteiger partial charge in [-0.15, -0.1) is 0 Å². The van der Waals surface area contributed by atoms with Crippen molar-refractivity contribution in [2.45, 2.75) is 26.9 Å². The molecule has 0 spiro atoms. The van der Waals surface area contributed by atoms with Crippen LogP contribution in [0.2, 0.25) is 0 Å². The highest BCUT2D eigenvalue weighted by Gasteiger charge is 2.03.